The Hall–Kier alpha value is -3.77. The van der Waals surface area contributed by atoms with E-state index in [1.165, 1.54) is 16.7 Å². The third-order valence-corrected chi connectivity index (χ3v) is 9.65. The SMILES string of the molecule is CSc1nc2c(c(N3CCN(C(=O)OC(C)(C)C)[C@@H](CC#N)C3)n1)CCC1(CCc3ccc(OCc4ccccc4)cc31)C2. The summed E-state index contributed by atoms with van der Waals surface area (Å²) < 4.78 is 11.9. The van der Waals surface area contributed by atoms with Crippen LogP contribution in [0.1, 0.15) is 68.0 Å². The van der Waals surface area contributed by atoms with Gasteiger partial charge in [0.1, 0.15) is 23.8 Å². The monoisotopic (exact) mass is 611 g/mol. The van der Waals surface area contributed by atoms with E-state index in [-0.39, 0.29) is 24.0 Å². The van der Waals surface area contributed by atoms with Crippen molar-refractivity contribution in [2.75, 3.05) is 30.8 Å². The summed E-state index contributed by atoms with van der Waals surface area (Å²) in [6, 6.07) is 18.9. The molecule has 1 saturated heterocycles. The highest BCUT2D eigenvalue weighted by molar-refractivity contribution is 7.98. The molecule has 0 radical (unpaired) electrons. The Labute approximate surface area is 264 Å². The minimum atomic E-state index is -0.589. The van der Waals surface area contributed by atoms with E-state index in [1.807, 2.05) is 45.2 Å². The Morgan fingerprint density at radius 2 is 1.91 bits per heavy atom. The first-order valence-corrected chi connectivity index (χ1v) is 16.8. The molecule has 2 atom stereocenters. The van der Waals surface area contributed by atoms with Crippen molar-refractivity contribution in [1.29, 1.82) is 5.26 Å². The largest absolute Gasteiger partial charge is 0.489 e. The van der Waals surface area contributed by atoms with Gasteiger partial charge in [0, 0.05) is 30.6 Å². The van der Waals surface area contributed by atoms with Crippen LogP contribution in [0.15, 0.2) is 53.7 Å². The molecule has 1 amide bonds. The second-order valence-electron chi connectivity index (χ2n) is 13.1. The van der Waals surface area contributed by atoms with Gasteiger partial charge in [0.2, 0.25) is 0 Å². The number of aromatic nitrogens is 2. The fourth-order valence-electron chi connectivity index (χ4n) is 6.96. The van der Waals surface area contributed by atoms with Crippen molar-refractivity contribution in [1.82, 2.24) is 14.9 Å². The number of fused-ring (bicyclic) bond motifs is 3. The summed E-state index contributed by atoms with van der Waals surface area (Å²) in [4.78, 5) is 27.1. The molecule has 1 fully saturated rings. The molecular weight excluding hydrogens is 570 g/mol. The van der Waals surface area contributed by atoms with Gasteiger partial charge in [0.05, 0.1) is 24.2 Å². The minimum Gasteiger partial charge on any atom is -0.489 e. The predicted octanol–water partition coefficient (Wildman–Crippen LogP) is 6.49. The fraction of sp³-hybridized carbons (Fsp3) is 0.486. The van der Waals surface area contributed by atoms with Gasteiger partial charge < -0.3 is 19.3 Å². The molecule has 1 aliphatic heterocycles. The molecule has 230 valence electrons. The van der Waals surface area contributed by atoms with Gasteiger partial charge in [-0.3, -0.25) is 0 Å². The second kappa shape index (κ2) is 12.3. The summed E-state index contributed by atoms with van der Waals surface area (Å²) in [5.74, 6) is 1.87. The molecule has 0 bridgehead atoms. The Morgan fingerprint density at radius 1 is 1.11 bits per heavy atom. The number of carbonyl (C=O) groups excluding carboxylic acids is 1. The number of hydrogen-bond donors (Lipinski definition) is 0. The molecule has 6 rings (SSSR count). The van der Waals surface area contributed by atoms with Gasteiger partial charge >= 0.3 is 6.09 Å². The fourth-order valence-corrected chi connectivity index (χ4v) is 7.34. The first kappa shape index (κ1) is 30.3. The average Bonchev–Trinajstić information content (AvgIpc) is 3.35. The van der Waals surface area contributed by atoms with Crippen LogP contribution in [0, 0.1) is 11.3 Å². The molecule has 1 aromatic heterocycles. The lowest BCUT2D eigenvalue weighted by Gasteiger charge is -2.43. The maximum Gasteiger partial charge on any atom is 0.410 e. The van der Waals surface area contributed by atoms with Gasteiger partial charge in [-0.15, -0.1) is 0 Å². The number of aryl methyl sites for hydroxylation is 1. The topological polar surface area (TPSA) is 91.6 Å². The molecule has 1 unspecified atom stereocenters. The van der Waals surface area contributed by atoms with Crippen molar-refractivity contribution in [3.05, 3.63) is 76.5 Å². The van der Waals surface area contributed by atoms with E-state index in [0.29, 0.717) is 26.2 Å². The van der Waals surface area contributed by atoms with Crippen molar-refractivity contribution < 1.29 is 14.3 Å². The van der Waals surface area contributed by atoms with Crippen molar-refractivity contribution in [2.45, 2.75) is 88.1 Å². The van der Waals surface area contributed by atoms with Gasteiger partial charge in [-0.2, -0.15) is 5.26 Å². The summed E-state index contributed by atoms with van der Waals surface area (Å²) in [6.07, 6.45) is 6.88. The first-order chi connectivity index (χ1) is 21.2. The number of piperazine rings is 1. The van der Waals surface area contributed by atoms with Crippen molar-refractivity contribution in [3.8, 4) is 11.8 Å². The molecule has 1 spiro atoms. The van der Waals surface area contributed by atoms with Crippen LogP contribution in [0.5, 0.6) is 5.75 Å². The van der Waals surface area contributed by atoms with E-state index in [2.05, 4.69) is 41.3 Å². The third-order valence-electron chi connectivity index (χ3n) is 9.10. The maximum atomic E-state index is 13.0. The van der Waals surface area contributed by atoms with Gasteiger partial charge in [0.15, 0.2) is 5.16 Å². The molecule has 3 aliphatic rings. The lowest BCUT2D eigenvalue weighted by atomic mass is 9.69. The van der Waals surface area contributed by atoms with Gasteiger partial charge in [0.25, 0.3) is 0 Å². The van der Waals surface area contributed by atoms with E-state index < -0.39 is 5.60 Å². The minimum absolute atomic E-state index is 0.0362. The summed E-state index contributed by atoms with van der Waals surface area (Å²) in [5, 5.41) is 10.4. The molecule has 0 N–H and O–H groups in total. The lowest BCUT2D eigenvalue weighted by Crippen LogP contribution is -2.56. The first-order valence-electron chi connectivity index (χ1n) is 15.5. The smallest absolute Gasteiger partial charge is 0.410 e. The normalized spacial score (nSPS) is 21.0. The quantitative estimate of drug-likeness (QED) is 0.231. The van der Waals surface area contributed by atoms with Crippen LogP contribution in [0.3, 0.4) is 0 Å². The highest BCUT2D eigenvalue weighted by Crippen LogP contribution is 2.49. The summed E-state index contributed by atoms with van der Waals surface area (Å²) in [6.45, 7) is 7.81. The summed E-state index contributed by atoms with van der Waals surface area (Å²) >= 11 is 1.56. The predicted molar refractivity (Wildman–Crippen MR) is 172 cm³/mol. The zero-order valence-electron chi connectivity index (χ0n) is 26.1. The van der Waals surface area contributed by atoms with Gasteiger partial charge in [-0.25, -0.2) is 14.8 Å². The number of benzene rings is 2. The molecule has 2 heterocycles. The van der Waals surface area contributed by atoms with Crippen molar-refractivity contribution >= 4 is 23.7 Å². The van der Waals surface area contributed by atoms with Crippen LogP contribution in [-0.4, -0.2) is 58.5 Å². The van der Waals surface area contributed by atoms with Crippen LogP contribution in [0.2, 0.25) is 0 Å². The van der Waals surface area contributed by atoms with E-state index in [9.17, 15) is 10.1 Å². The van der Waals surface area contributed by atoms with Crippen LogP contribution in [0.25, 0.3) is 0 Å². The highest BCUT2D eigenvalue weighted by atomic mass is 32.2. The van der Waals surface area contributed by atoms with Crippen LogP contribution in [-0.2, 0) is 36.0 Å². The Balaban J connectivity index is 1.25. The molecule has 9 heteroatoms. The Kier molecular flexibility index (Phi) is 8.47. The standard InChI is InChI=1S/C35H41N5O3S/c1-34(2,3)43-33(41)40-19-18-39(22-26(40)14-17-36)31-28-13-16-35(21-30(28)37-32(38-31)44-4)15-12-25-10-11-27(20-29(25)35)42-23-24-8-6-5-7-9-24/h5-11,20,26H,12-16,18-19,21-23H2,1-4H3/t26-,35?/m0/s1. The van der Waals surface area contributed by atoms with Gasteiger partial charge in [-0.05, 0) is 88.0 Å². The maximum absolute atomic E-state index is 13.0. The Bertz CT molecular complexity index is 1570. The number of anilines is 1. The average molecular weight is 612 g/mol. The zero-order chi connectivity index (χ0) is 30.9. The van der Waals surface area contributed by atoms with E-state index in [4.69, 9.17) is 19.4 Å². The lowest BCUT2D eigenvalue weighted by molar-refractivity contribution is 0.0144. The summed E-state index contributed by atoms with van der Waals surface area (Å²) in [7, 11) is 0. The number of ether oxygens (including phenoxy) is 2. The molecule has 3 aromatic rings. The molecule has 2 aliphatic carbocycles. The van der Waals surface area contributed by atoms with E-state index in [1.54, 1.807) is 16.7 Å². The van der Waals surface area contributed by atoms with Crippen molar-refractivity contribution in [3.63, 3.8) is 0 Å². The van der Waals surface area contributed by atoms with E-state index in [0.717, 1.165) is 60.1 Å². The van der Waals surface area contributed by atoms with Crippen LogP contribution in [0.4, 0.5) is 10.6 Å². The van der Waals surface area contributed by atoms with Gasteiger partial charge in [-0.1, -0.05) is 48.2 Å². The molecule has 0 saturated carbocycles. The number of nitriles is 1. The highest BCUT2D eigenvalue weighted by Gasteiger charge is 2.44. The van der Waals surface area contributed by atoms with Crippen molar-refractivity contribution in [2.24, 2.45) is 0 Å². The number of hydrogen-bond acceptors (Lipinski definition) is 8. The molecule has 8 nitrogen and oxygen atoms in total. The second-order valence-corrected chi connectivity index (χ2v) is 13.9. The third kappa shape index (κ3) is 6.23. The molecule has 2 aromatic carbocycles. The Morgan fingerprint density at radius 3 is 2.66 bits per heavy atom. The number of carbonyl (C=O) groups is 1. The number of rotatable bonds is 6. The summed E-state index contributed by atoms with van der Waals surface area (Å²) in [5.41, 5.74) is 5.76. The number of amides is 1. The number of nitrogens with zero attached hydrogens (tertiary/aromatic N) is 5. The van der Waals surface area contributed by atoms with Crippen LogP contribution < -0.4 is 9.64 Å². The number of thioether (sulfide) groups is 1. The molecular formula is C35H41N5O3S. The van der Waals surface area contributed by atoms with E-state index >= 15 is 0 Å². The van der Waals surface area contributed by atoms with Crippen LogP contribution >= 0.6 is 11.8 Å². The zero-order valence-corrected chi connectivity index (χ0v) is 27.0. The molecule has 44 heavy (non-hydrogen) atoms.